The van der Waals surface area contributed by atoms with Gasteiger partial charge in [0.25, 0.3) is 0 Å². The zero-order chi connectivity index (χ0) is 10.6. The molecule has 0 saturated carbocycles. The second-order valence-electron chi connectivity index (χ2n) is 3.04. The van der Waals surface area contributed by atoms with Crippen molar-refractivity contribution >= 4 is 6.47 Å². The van der Waals surface area contributed by atoms with Gasteiger partial charge in [-0.2, -0.15) is 0 Å². The van der Waals surface area contributed by atoms with Crippen LogP contribution in [0.15, 0.2) is 30.3 Å². The third-order valence-electron chi connectivity index (χ3n) is 1.91. The van der Waals surface area contributed by atoms with Crippen LogP contribution in [0.2, 0.25) is 0 Å². The normalized spacial score (nSPS) is 8.07. The summed E-state index contributed by atoms with van der Waals surface area (Å²) in [5.74, 6) is 0. The fourth-order valence-electron chi connectivity index (χ4n) is 1.22. The second kappa shape index (κ2) is 13.7. The van der Waals surface area contributed by atoms with Gasteiger partial charge in [-0.25, -0.2) is 0 Å². The zero-order valence-corrected chi connectivity index (χ0v) is 11.6. The van der Waals surface area contributed by atoms with E-state index in [0.717, 1.165) is 0 Å². The first kappa shape index (κ1) is 17.1. The molecule has 0 unspecified atom stereocenters. The van der Waals surface area contributed by atoms with Gasteiger partial charge in [-0.05, 0) is 18.4 Å². The Kier molecular flexibility index (Phi) is 15.6. The minimum Gasteiger partial charge on any atom is -0.554 e. The molecule has 0 aliphatic carbocycles. The molecule has 0 fully saturated rings. The van der Waals surface area contributed by atoms with Crippen LogP contribution in [0.3, 0.4) is 0 Å². The summed E-state index contributed by atoms with van der Waals surface area (Å²) in [4.78, 5) is 8.25. The van der Waals surface area contributed by atoms with E-state index in [1.165, 1.54) is 31.2 Å². The number of unbranched alkanes of at least 4 members (excludes halogenated alkanes) is 2. The number of carboxylic acid groups (broad SMARTS) is 1. The molecule has 15 heavy (non-hydrogen) atoms. The first-order chi connectivity index (χ1) is 6.85. The number of carbonyl (C=O) groups excluding carboxylic acids is 1. The summed E-state index contributed by atoms with van der Waals surface area (Å²) in [7, 11) is 0. The van der Waals surface area contributed by atoms with Crippen LogP contribution in [-0.4, -0.2) is 6.47 Å². The minimum atomic E-state index is -0.500. The smallest absolute Gasteiger partial charge is 0.554 e. The molecule has 0 bridgehead atoms. The molecule has 0 heterocycles. The Morgan fingerprint density at radius 3 is 2.20 bits per heavy atom. The first-order valence-corrected chi connectivity index (χ1v) is 4.94. The van der Waals surface area contributed by atoms with Crippen molar-refractivity contribution in [3.05, 3.63) is 35.9 Å². The van der Waals surface area contributed by atoms with E-state index in [9.17, 15) is 0 Å². The maximum atomic E-state index is 8.25. The Morgan fingerprint density at radius 2 is 1.73 bits per heavy atom. The predicted molar refractivity (Wildman–Crippen MR) is 55.7 cm³/mol. The molecule has 0 aromatic heterocycles. The molecule has 0 atom stereocenters. The average Bonchev–Trinajstić information content (AvgIpc) is 2.21. The molecule has 0 saturated heterocycles. The maximum absolute atomic E-state index is 8.25. The Labute approximate surface area is 114 Å². The molecular weight excluding hydrogens is 199 g/mol. The summed E-state index contributed by atoms with van der Waals surface area (Å²) in [6.07, 6.45) is 5.25. The van der Waals surface area contributed by atoms with E-state index in [-0.39, 0.29) is 29.6 Å². The van der Waals surface area contributed by atoms with Gasteiger partial charge in [-0.1, -0.05) is 50.1 Å². The number of aryl methyl sites for hydroxylation is 1. The molecule has 3 heteroatoms. The minimum absolute atomic E-state index is 0. The topological polar surface area (TPSA) is 40.1 Å². The SMILES string of the molecule is CCCCCc1ccccc1.O=C[O-].[Na+]. The number of carbonyl (C=O) groups is 1. The van der Waals surface area contributed by atoms with Gasteiger partial charge in [0.05, 0.1) is 0 Å². The van der Waals surface area contributed by atoms with Crippen LogP contribution in [0, 0.1) is 0 Å². The summed E-state index contributed by atoms with van der Waals surface area (Å²) in [5.41, 5.74) is 1.47. The maximum Gasteiger partial charge on any atom is 1.00 e. The molecule has 1 aromatic carbocycles. The van der Waals surface area contributed by atoms with Gasteiger partial charge in [0.15, 0.2) is 0 Å². The fraction of sp³-hybridized carbons (Fsp3) is 0.417. The van der Waals surface area contributed by atoms with Crippen molar-refractivity contribution in [3.63, 3.8) is 0 Å². The quantitative estimate of drug-likeness (QED) is 0.360. The Bertz CT molecular complexity index is 224. The van der Waals surface area contributed by atoms with E-state index in [1.54, 1.807) is 0 Å². The summed E-state index contributed by atoms with van der Waals surface area (Å²) >= 11 is 0. The van der Waals surface area contributed by atoms with Gasteiger partial charge < -0.3 is 9.90 Å². The Hall–Kier alpha value is -0.310. The van der Waals surface area contributed by atoms with Crippen molar-refractivity contribution < 1.29 is 39.5 Å². The predicted octanol–water partition coefficient (Wildman–Crippen LogP) is -1.21. The van der Waals surface area contributed by atoms with Crippen molar-refractivity contribution in [2.24, 2.45) is 0 Å². The molecule has 0 N–H and O–H groups in total. The molecule has 1 rings (SSSR count). The van der Waals surface area contributed by atoms with Crippen molar-refractivity contribution in [1.82, 2.24) is 0 Å². The molecule has 0 aliphatic heterocycles. The number of hydrogen-bond acceptors (Lipinski definition) is 2. The molecule has 0 radical (unpaired) electrons. The summed E-state index contributed by atoms with van der Waals surface area (Å²) in [5, 5.41) is 8.25. The molecule has 1 aromatic rings. The van der Waals surface area contributed by atoms with E-state index >= 15 is 0 Å². The van der Waals surface area contributed by atoms with Gasteiger partial charge in [-0.3, -0.25) is 0 Å². The van der Waals surface area contributed by atoms with Crippen molar-refractivity contribution in [3.8, 4) is 0 Å². The van der Waals surface area contributed by atoms with Crippen LogP contribution in [0.25, 0.3) is 0 Å². The standard InChI is InChI=1S/C11H16.CH2O2.Na/c1-2-3-5-8-11-9-6-4-7-10-11;2-1-3;/h4,6-7,9-10H,2-3,5,8H2,1H3;1H,(H,2,3);/q;;+1/p-1. The second-order valence-corrected chi connectivity index (χ2v) is 3.04. The van der Waals surface area contributed by atoms with Crippen LogP contribution < -0.4 is 34.7 Å². The van der Waals surface area contributed by atoms with Gasteiger partial charge in [0, 0.05) is 6.47 Å². The van der Waals surface area contributed by atoms with Gasteiger partial charge in [0.2, 0.25) is 0 Å². The number of rotatable bonds is 4. The van der Waals surface area contributed by atoms with Crippen LogP contribution in [0.5, 0.6) is 0 Å². The van der Waals surface area contributed by atoms with Crippen molar-refractivity contribution in [1.29, 1.82) is 0 Å². The monoisotopic (exact) mass is 216 g/mol. The van der Waals surface area contributed by atoms with Gasteiger partial charge >= 0.3 is 29.6 Å². The van der Waals surface area contributed by atoms with Crippen LogP contribution in [0.1, 0.15) is 31.7 Å². The molecule has 0 amide bonds. The van der Waals surface area contributed by atoms with Crippen molar-refractivity contribution in [2.45, 2.75) is 32.6 Å². The average molecular weight is 216 g/mol. The summed E-state index contributed by atoms with van der Waals surface area (Å²) in [6.45, 7) is 1.74. The van der Waals surface area contributed by atoms with E-state index in [0.29, 0.717) is 0 Å². The number of benzene rings is 1. The largest absolute Gasteiger partial charge is 1.00 e. The fourth-order valence-corrected chi connectivity index (χ4v) is 1.22. The first-order valence-electron chi connectivity index (χ1n) is 4.94. The Balaban J connectivity index is 0. The van der Waals surface area contributed by atoms with E-state index in [1.807, 2.05) is 0 Å². The summed E-state index contributed by atoms with van der Waals surface area (Å²) in [6, 6.07) is 10.7. The molecule has 0 aliphatic rings. The summed E-state index contributed by atoms with van der Waals surface area (Å²) < 4.78 is 0. The van der Waals surface area contributed by atoms with Crippen LogP contribution in [-0.2, 0) is 11.2 Å². The number of hydrogen-bond donors (Lipinski definition) is 0. The third-order valence-corrected chi connectivity index (χ3v) is 1.91. The molecule has 78 valence electrons. The van der Waals surface area contributed by atoms with Crippen LogP contribution in [0.4, 0.5) is 0 Å². The molecular formula is C12H17NaO2. The zero-order valence-electron chi connectivity index (χ0n) is 9.61. The third kappa shape index (κ3) is 11.6. The van der Waals surface area contributed by atoms with Gasteiger partial charge in [0.1, 0.15) is 0 Å². The van der Waals surface area contributed by atoms with E-state index < -0.39 is 6.47 Å². The molecule has 0 spiro atoms. The van der Waals surface area contributed by atoms with Gasteiger partial charge in [-0.15, -0.1) is 0 Å². The Morgan fingerprint density at radius 1 is 1.20 bits per heavy atom. The van der Waals surface area contributed by atoms with Crippen molar-refractivity contribution in [2.75, 3.05) is 0 Å². The van der Waals surface area contributed by atoms with Crippen LogP contribution >= 0.6 is 0 Å². The van der Waals surface area contributed by atoms with E-state index in [2.05, 4.69) is 37.3 Å². The van der Waals surface area contributed by atoms with E-state index in [4.69, 9.17) is 9.90 Å². The molecule has 2 nitrogen and oxygen atoms in total.